The number of carbonyl (C=O) groups is 2. The van der Waals surface area contributed by atoms with Crippen molar-refractivity contribution in [2.45, 2.75) is 20.1 Å². The van der Waals surface area contributed by atoms with Crippen molar-refractivity contribution in [1.82, 2.24) is 4.90 Å². The number of alkyl halides is 2. The molecule has 0 aliphatic rings. The van der Waals surface area contributed by atoms with Gasteiger partial charge in [0.1, 0.15) is 0 Å². The van der Waals surface area contributed by atoms with Crippen LogP contribution in [0.2, 0.25) is 0 Å². The Hall–Kier alpha value is -2.48. The third-order valence-electron chi connectivity index (χ3n) is 3.37. The van der Waals surface area contributed by atoms with E-state index in [9.17, 15) is 18.4 Å². The van der Waals surface area contributed by atoms with Crippen LogP contribution in [0.15, 0.2) is 30.3 Å². The van der Waals surface area contributed by atoms with Crippen LogP contribution >= 0.6 is 11.3 Å². The first-order valence-electron chi connectivity index (χ1n) is 7.29. The highest BCUT2D eigenvalue weighted by molar-refractivity contribution is 7.15. The SMILES string of the molecule is COc1cc(CN(C)C(=O)c2ccc(C(C)=O)s2)ccc1OC(F)F. The summed E-state index contributed by atoms with van der Waals surface area (Å²) in [4.78, 5) is 26.2. The van der Waals surface area contributed by atoms with Crippen LogP contribution in [0.4, 0.5) is 8.78 Å². The molecule has 0 bridgehead atoms. The van der Waals surface area contributed by atoms with E-state index in [2.05, 4.69) is 4.74 Å². The van der Waals surface area contributed by atoms with Gasteiger partial charge in [-0.25, -0.2) is 0 Å². The number of ether oxygens (including phenoxy) is 2. The molecule has 0 N–H and O–H groups in total. The molecular weight excluding hydrogens is 352 g/mol. The van der Waals surface area contributed by atoms with Crippen LogP contribution in [0.5, 0.6) is 11.5 Å². The topological polar surface area (TPSA) is 55.8 Å². The molecule has 0 spiro atoms. The highest BCUT2D eigenvalue weighted by Gasteiger charge is 2.17. The number of rotatable bonds is 7. The smallest absolute Gasteiger partial charge is 0.387 e. The minimum Gasteiger partial charge on any atom is -0.493 e. The summed E-state index contributed by atoms with van der Waals surface area (Å²) < 4.78 is 34.1. The summed E-state index contributed by atoms with van der Waals surface area (Å²) in [5, 5.41) is 0. The number of hydrogen-bond acceptors (Lipinski definition) is 5. The van der Waals surface area contributed by atoms with Crippen molar-refractivity contribution in [3.63, 3.8) is 0 Å². The Bertz CT molecular complexity index is 776. The maximum Gasteiger partial charge on any atom is 0.387 e. The van der Waals surface area contributed by atoms with E-state index < -0.39 is 6.61 Å². The van der Waals surface area contributed by atoms with Crippen LogP contribution in [-0.4, -0.2) is 37.4 Å². The Morgan fingerprint density at radius 3 is 2.40 bits per heavy atom. The first kappa shape index (κ1) is 18.9. The summed E-state index contributed by atoms with van der Waals surface area (Å²) >= 11 is 1.14. The summed E-state index contributed by atoms with van der Waals surface area (Å²) in [5.41, 5.74) is 0.692. The van der Waals surface area contributed by atoms with Crippen LogP contribution in [-0.2, 0) is 6.54 Å². The summed E-state index contributed by atoms with van der Waals surface area (Å²) in [5.74, 6) is -0.233. The molecule has 5 nitrogen and oxygen atoms in total. The van der Waals surface area contributed by atoms with Gasteiger partial charge < -0.3 is 14.4 Å². The molecule has 0 saturated carbocycles. The fourth-order valence-electron chi connectivity index (χ4n) is 2.18. The van der Waals surface area contributed by atoms with E-state index in [0.29, 0.717) is 15.3 Å². The third kappa shape index (κ3) is 4.76. The Morgan fingerprint density at radius 1 is 1.16 bits per heavy atom. The number of nitrogens with zero attached hydrogens (tertiary/aromatic N) is 1. The van der Waals surface area contributed by atoms with Crippen LogP contribution in [0, 0.1) is 0 Å². The lowest BCUT2D eigenvalue weighted by Gasteiger charge is -2.18. The first-order chi connectivity index (χ1) is 11.8. The van der Waals surface area contributed by atoms with E-state index >= 15 is 0 Å². The normalized spacial score (nSPS) is 10.6. The van der Waals surface area contributed by atoms with Crippen molar-refractivity contribution in [1.29, 1.82) is 0 Å². The first-order valence-corrected chi connectivity index (χ1v) is 8.11. The Balaban J connectivity index is 2.12. The molecule has 0 saturated heterocycles. The monoisotopic (exact) mass is 369 g/mol. The number of benzene rings is 1. The van der Waals surface area contributed by atoms with Gasteiger partial charge in [-0.1, -0.05) is 6.07 Å². The van der Waals surface area contributed by atoms with Gasteiger partial charge in [-0.05, 0) is 36.8 Å². The number of carbonyl (C=O) groups excluding carboxylic acids is 2. The molecule has 0 atom stereocenters. The standard InChI is InChI=1S/C17H17F2NO4S/c1-10(21)14-6-7-15(25-14)16(22)20(2)9-11-4-5-12(24-17(18)19)13(8-11)23-3/h4-8,17H,9H2,1-3H3. The number of thiophene rings is 1. The van der Waals surface area contributed by atoms with Crippen LogP contribution in [0.3, 0.4) is 0 Å². The quantitative estimate of drug-likeness (QED) is 0.696. The lowest BCUT2D eigenvalue weighted by atomic mass is 10.2. The van der Waals surface area contributed by atoms with Crippen molar-refractivity contribution in [3.05, 3.63) is 45.6 Å². The van der Waals surface area contributed by atoms with Crippen molar-refractivity contribution in [2.24, 2.45) is 0 Å². The number of hydrogen-bond donors (Lipinski definition) is 0. The van der Waals surface area contributed by atoms with Gasteiger partial charge in [-0.2, -0.15) is 8.78 Å². The summed E-state index contributed by atoms with van der Waals surface area (Å²) in [7, 11) is 2.97. The van der Waals surface area contributed by atoms with Crippen LogP contribution in [0.1, 0.15) is 31.8 Å². The van der Waals surface area contributed by atoms with E-state index in [0.717, 1.165) is 11.3 Å². The van der Waals surface area contributed by atoms with E-state index in [1.165, 1.54) is 31.1 Å². The molecule has 0 radical (unpaired) electrons. The molecule has 0 aliphatic carbocycles. The van der Waals surface area contributed by atoms with Crippen LogP contribution in [0.25, 0.3) is 0 Å². The average Bonchev–Trinajstić information content (AvgIpc) is 3.05. The summed E-state index contributed by atoms with van der Waals surface area (Å²) in [6.07, 6.45) is 0. The second-order valence-corrected chi connectivity index (χ2v) is 6.33. The van der Waals surface area contributed by atoms with Gasteiger partial charge in [0.05, 0.1) is 16.9 Å². The third-order valence-corrected chi connectivity index (χ3v) is 4.55. The maximum atomic E-state index is 12.4. The van der Waals surface area contributed by atoms with Gasteiger partial charge in [-0.15, -0.1) is 11.3 Å². The predicted octanol–water partition coefficient (Wildman–Crippen LogP) is 3.83. The molecule has 0 unspecified atom stereocenters. The van der Waals surface area contributed by atoms with Gasteiger partial charge in [0, 0.05) is 13.6 Å². The highest BCUT2D eigenvalue weighted by atomic mass is 32.1. The predicted molar refractivity (Wildman–Crippen MR) is 89.7 cm³/mol. The maximum absolute atomic E-state index is 12.4. The molecule has 1 heterocycles. The second-order valence-electron chi connectivity index (χ2n) is 5.25. The van der Waals surface area contributed by atoms with E-state index in [4.69, 9.17) is 4.74 Å². The second kappa shape index (κ2) is 8.06. The molecular formula is C17H17F2NO4S. The molecule has 25 heavy (non-hydrogen) atoms. The van der Waals surface area contributed by atoms with Gasteiger partial charge >= 0.3 is 6.61 Å². The minimum atomic E-state index is -2.95. The zero-order chi connectivity index (χ0) is 18.6. The lowest BCUT2D eigenvalue weighted by Crippen LogP contribution is -2.25. The minimum absolute atomic E-state index is 0.0698. The van der Waals surface area contributed by atoms with Crippen molar-refractivity contribution in [3.8, 4) is 11.5 Å². The zero-order valence-corrected chi connectivity index (χ0v) is 14.7. The summed E-state index contributed by atoms with van der Waals surface area (Å²) in [6.45, 7) is -1.25. The molecule has 0 aliphatic heterocycles. The molecule has 2 rings (SSSR count). The van der Waals surface area contributed by atoms with Gasteiger partial charge in [0.15, 0.2) is 17.3 Å². The largest absolute Gasteiger partial charge is 0.493 e. The molecule has 8 heteroatoms. The van der Waals surface area contributed by atoms with E-state index in [1.54, 1.807) is 25.2 Å². The fourth-order valence-corrected chi connectivity index (χ4v) is 3.08. The van der Waals surface area contributed by atoms with Crippen LogP contribution < -0.4 is 9.47 Å². The van der Waals surface area contributed by atoms with Crippen molar-refractivity contribution >= 4 is 23.0 Å². The van der Waals surface area contributed by atoms with Crippen molar-refractivity contribution < 1.29 is 27.8 Å². The number of amides is 1. The molecule has 0 fully saturated rings. The molecule has 1 aromatic carbocycles. The Labute approximate surface area is 147 Å². The van der Waals surface area contributed by atoms with Gasteiger partial charge in [0.25, 0.3) is 5.91 Å². The van der Waals surface area contributed by atoms with E-state index in [1.807, 2.05) is 0 Å². The number of methoxy groups -OCH3 is 1. The number of ketones is 1. The average molecular weight is 369 g/mol. The van der Waals surface area contributed by atoms with Gasteiger partial charge in [0.2, 0.25) is 0 Å². The highest BCUT2D eigenvalue weighted by Crippen LogP contribution is 2.30. The zero-order valence-electron chi connectivity index (χ0n) is 13.9. The Morgan fingerprint density at radius 2 is 1.84 bits per heavy atom. The summed E-state index contributed by atoms with van der Waals surface area (Å²) in [6, 6.07) is 7.72. The fraction of sp³-hybridized carbons (Fsp3) is 0.294. The van der Waals surface area contributed by atoms with Crippen molar-refractivity contribution in [2.75, 3.05) is 14.2 Å². The lowest BCUT2D eigenvalue weighted by molar-refractivity contribution is -0.0512. The molecule has 1 amide bonds. The van der Waals surface area contributed by atoms with E-state index in [-0.39, 0.29) is 29.7 Å². The molecule has 134 valence electrons. The number of halogens is 2. The molecule has 2 aromatic rings. The Kier molecular flexibility index (Phi) is 6.08. The van der Waals surface area contributed by atoms with Gasteiger partial charge in [-0.3, -0.25) is 9.59 Å². The molecule has 1 aromatic heterocycles. The number of Topliss-reactive ketones (excluding diaryl/α,β-unsaturated/α-hetero) is 1.